The summed E-state index contributed by atoms with van der Waals surface area (Å²) >= 11 is 6.11. The van der Waals surface area contributed by atoms with Crippen molar-refractivity contribution in [1.82, 2.24) is 4.98 Å². The summed E-state index contributed by atoms with van der Waals surface area (Å²) in [5, 5.41) is 9.29. The van der Waals surface area contributed by atoms with Gasteiger partial charge in [0.25, 0.3) is 0 Å². The van der Waals surface area contributed by atoms with Crippen LogP contribution in [0.3, 0.4) is 0 Å². The predicted octanol–water partition coefficient (Wildman–Crippen LogP) is 3.01. The number of nitrogens with zero attached hydrogens (tertiary/aromatic N) is 3. The normalized spacial score (nSPS) is 9.62. The van der Waals surface area contributed by atoms with E-state index < -0.39 is 0 Å². The van der Waals surface area contributed by atoms with Gasteiger partial charge in [-0.3, -0.25) is 0 Å². The zero-order chi connectivity index (χ0) is 12.1. The van der Waals surface area contributed by atoms with E-state index in [0.29, 0.717) is 22.9 Å². The van der Waals surface area contributed by atoms with E-state index in [4.69, 9.17) is 16.9 Å². The second-order valence-electron chi connectivity index (χ2n) is 3.58. The number of pyridine rings is 1. The third-order valence-electron chi connectivity index (χ3n) is 2.13. The first-order valence-corrected chi connectivity index (χ1v) is 5.41. The van der Waals surface area contributed by atoms with E-state index in [1.807, 2.05) is 24.8 Å². The predicted molar refractivity (Wildman–Crippen MR) is 66.7 cm³/mol. The van der Waals surface area contributed by atoms with Crippen LogP contribution in [0.4, 0.5) is 5.82 Å². The lowest BCUT2D eigenvalue weighted by Gasteiger charge is -2.23. The maximum absolute atomic E-state index is 8.88. The summed E-state index contributed by atoms with van der Waals surface area (Å²) in [4.78, 5) is 6.20. The van der Waals surface area contributed by atoms with Crippen LogP contribution < -0.4 is 4.90 Å². The van der Waals surface area contributed by atoms with E-state index in [9.17, 15) is 0 Å². The van der Waals surface area contributed by atoms with E-state index in [-0.39, 0.29) is 0 Å². The summed E-state index contributed by atoms with van der Waals surface area (Å²) in [5.74, 6) is 0.645. The molecule has 0 unspecified atom stereocenters. The minimum Gasteiger partial charge on any atom is -0.352 e. The van der Waals surface area contributed by atoms with Crippen molar-refractivity contribution in [2.45, 2.75) is 13.8 Å². The van der Waals surface area contributed by atoms with Crippen LogP contribution >= 0.6 is 11.6 Å². The van der Waals surface area contributed by atoms with Crippen LogP contribution in [-0.4, -0.2) is 18.1 Å². The molecule has 3 nitrogen and oxygen atoms in total. The van der Waals surface area contributed by atoms with Crippen molar-refractivity contribution in [3.05, 3.63) is 35.0 Å². The third kappa shape index (κ3) is 2.74. The smallest absolute Gasteiger partial charge is 0.148 e. The van der Waals surface area contributed by atoms with Crippen molar-refractivity contribution in [3.8, 4) is 6.07 Å². The Morgan fingerprint density at radius 3 is 2.88 bits per heavy atom. The average Bonchev–Trinajstić information content (AvgIpc) is 2.26. The molecule has 0 aliphatic rings. The minimum atomic E-state index is 0.410. The number of anilines is 1. The Kier molecular flexibility index (Phi) is 4.33. The Bertz CT molecular complexity index is 434. The molecule has 1 aromatic heterocycles. The molecule has 0 amide bonds. The maximum atomic E-state index is 8.88. The second-order valence-corrected chi connectivity index (χ2v) is 3.96. The average molecular weight is 236 g/mol. The molecule has 1 aromatic rings. The number of halogens is 1. The van der Waals surface area contributed by atoms with E-state index >= 15 is 0 Å². The Balaban J connectivity index is 3.11. The van der Waals surface area contributed by atoms with Gasteiger partial charge in [0.05, 0.1) is 5.56 Å². The van der Waals surface area contributed by atoms with Crippen molar-refractivity contribution >= 4 is 17.4 Å². The van der Waals surface area contributed by atoms with Gasteiger partial charge in [-0.25, -0.2) is 4.98 Å². The first-order chi connectivity index (χ1) is 7.60. The molecule has 0 aliphatic heterocycles. The fourth-order valence-corrected chi connectivity index (χ4v) is 1.68. The fourth-order valence-electron chi connectivity index (χ4n) is 1.40. The summed E-state index contributed by atoms with van der Waals surface area (Å²) < 4.78 is 0. The van der Waals surface area contributed by atoms with Gasteiger partial charge in [-0.05, 0) is 19.9 Å². The largest absolute Gasteiger partial charge is 0.352 e. The fraction of sp³-hybridized carbons (Fsp3) is 0.333. The molecule has 0 aromatic carbocycles. The molecule has 0 spiro atoms. The lowest BCUT2D eigenvalue weighted by atomic mass is 10.2. The SMILES string of the molecule is C=C(C)CN(CC)c1nccc(C#N)c1Cl. The van der Waals surface area contributed by atoms with Crippen molar-refractivity contribution in [1.29, 1.82) is 5.26 Å². The second kappa shape index (κ2) is 5.53. The Morgan fingerprint density at radius 1 is 1.69 bits per heavy atom. The van der Waals surface area contributed by atoms with Crippen LogP contribution in [-0.2, 0) is 0 Å². The standard InChI is InChI=1S/C12H14ClN3/c1-4-16(8-9(2)3)12-11(13)10(7-14)5-6-15-12/h5-6H,2,4,8H2,1,3H3. The van der Waals surface area contributed by atoms with Gasteiger partial charge in [0.1, 0.15) is 16.9 Å². The molecule has 0 bridgehead atoms. The molecule has 0 saturated heterocycles. The van der Waals surface area contributed by atoms with Gasteiger partial charge in [0.2, 0.25) is 0 Å². The topological polar surface area (TPSA) is 39.9 Å². The van der Waals surface area contributed by atoms with Crippen molar-refractivity contribution < 1.29 is 0 Å². The number of nitriles is 1. The summed E-state index contributed by atoms with van der Waals surface area (Å²) in [6, 6.07) is 3.66. The molecule has 0 fully saturated rings. The lowest BCUT2D eigenvalue weighted by molar-refractivity contribution is 0.859. The molecule has 0 N–H and O–H groups in total. The summed E-state index contributed by atoms with van der Waals surface area (Å²) in [5.41, 5.74) is 1.48. The van der Waals surface area contributed by atoms with Crippen LogP contribution in [0.2, 0.25) is 5.02 Å². The van der Waals surface area contributed by atoms with E-state index in [1.54, 1.807) is 12.3 Å². The van der Waals surface area contributed by atoms with Crippen molar-refractivity contribution in [2.75, 3.05) is 18.0 Å². The number of rotatable bonds is 4. The molecule has 1 heterocycles. The zero-order valence-corrected chi connectivity index (χ0v) is 10.3. The lowest BCUT2D eigenvalue weighted by Crippen LogP contribution is -2.25. The highest BCUT2D eigenvalue weighted by molar-refractivity contribution is 6.34. The monoisotopic (exact) mass is 235 g/mol. The highest BCUT2D eigenvalue weighted by Gasteiger charge is 2.13. The van der Waals surface area contributed by atoms with Crippen LogP contribution in [0.25, 0.3) is 0 Å². The molecule has 0 aliphatic carbocycles. The molecule has 1 rings (SSSR count). The van der Waals surface area contributed by atoms with Crippen molar-refractivity contribution in [3.63, 3.8) is 0 Å². The zero-order valence-electron chi connectivity index (χ0n) is 9.50. The van der Waals surface area contributed by atoms with E-state index in [2.05, 4.69) is 11.6 Å². The van der Waals surface area contributed by atoms with E-state index in [0.717, 1.165) is 12.1 Å². The van der Waals surface area contributed by atoms with Crippen molar-refractivity contribution in [2.24, 2.45) is 0 Å². The molecule has 84 valence electrons. The van der Waals surface area contributed by atoms with Crippen LogP contribution in [0.1, 0.15) is 19.4 Å². The third-order valence-corrected chi connectivity index (χ3v) is 2.51. The quantitative estimate of drug-likeness (QED) is 0.754. The Labute approximate surface area is 101 Å². The minimum absolute atomic E-state index is 0.410. The van der Waals surface area contributed by atoms with Crippen LogP contribution in [0.5, 0.6) is 0 Å². The highest BCUT2D eigenvalue weighted by atomic mass is 35.5. The van der Waals surface area contributed by atoms with Gasteiger partial charge in [-0.2, -0.15) is 5.26 Å². The van der Waals surface area contributed by atoms with Gasteiger partial charge in [-0.1, -0.05) is 23.8 Å². The first-order valence-electron chi connectivity index (χ1n) is 5.04. The molecule has 0 atom stereocenters. The highest BCUT2D eigenvalue weighted by Crippen LogP contribution is 2.26. The molecule has 16 heavy (non-hydrogen) atoms. The molecule has 0 radical (unpaired) electrons. The van der Waals surface area contributed by atoms with Gasteiger partial charge in [0.15, 0.2) is 0 Å². The van der Waals surface area contributed by atoms with Gasteiger partial charge >= 0.3 is 0 Å². The van der Waals surface area contributed by atoms with Gasteiger partial charge in [0, 0.05) is 19.3 Å². The van der Waals surface area contributed by atoms with Gasteiger partial charge < -0.3 is 4.90 Å². The van der Waals surface area contributed by atoms with Crippen LogP contribution in [0, 0.1) is 11.3 Å². The van der Waals surface area contributed by atoms with Gasteiger partial charge in [-0.15, -0.1) is 0 Å². The molecule has 0 saturated carbocycles. The Morgan fingerprint density at radius 2 is 2.38 bits per heavy atom. The number of aromatic nitrogens is 1. The molecule has 4 heteroatoms. The number of likely N-dealkylation sites (N-methyl/N-ethyl adjacent to an activating group) is 1. The number of hydrogen-bond donors (Lipinski definition) is 0. The maximum Gasteiger partial charge on any atom is 0.148 e. The molecular weight excluding hydrogens is 222 g/mol. The summed E-state index contributed by atoms with van der Waals surface area (Å²) in [6.07, 6.45) is 1.60. The summed E-state index contributed by atoms with van der Waals surface area (Å²) in [7, 11) is 0. The van der Waals surface area contributed by atoms with Crippen LogP contribution in [0.15, 0.2) is 24.4 Å². The first kappa shape index (κ1) is 12.5. The van der Waals surface area contributed by atoms with E-state index in [1.165, 1.54) is 0 Å². The summed E-state index contributed by atoms with van der Waals surface area (Å²) in [6.45, 7) is 9.29. The molecular formula is C12H14ClN3. The Hall–Kier alpha value is -1.53. The number of hydrogen-bond acceptors (Lipinski definition) is 3.